The molecule has 0 bridgehead atoms. The van der Waals surface area contributed by atoms with E-state index in [1.807, 2.05) is 40.8 Å². The molecule has 2 aromatic rings. The fraction of sp³-hybridized carbons (Fsp3) is 0.550. The van der Waals surface area contributed by atoms with Crippen molar-refractivity contribution >= 4 is 17.3 Å². The molecular weight excluding hydrogens is 328 g/mol. The molecule has 0 unspecified atom stereocenters. The lowest BCUT2D eigenvalue weighted by Gasteiger charge is -2.49. The Hall–Kier alpha value is -2.37. The van der Waals surface area contributed by atoms with Crippen LogP contribution in [-0.2, 0) is 4.79 Å². The fourth-order valence-corrected chi connectivity index (χ4v) is 4.69. The normalized spacial score (nSPS) is 20.0. The molecule has 0 radical (unpaired) electrons. The first-order chi connectivity index (χ1) is 12.5. The lowest BCUT2D eigenvalue weighted by molar-refractivity contribution is -0.142. The Morgan fingerprint density at radius 1 is 1.23 bits per heavy atom. The van der Waals surface area contributed by atoms with Gasteiger partial charge in [-0.05, 0) is 50.7 Å². The molecule has 0 spiro atoms. The topological polar surface area (TPSA) is 66.7 Å². The van der Waals surface area contributed by atoms with Crippen LogP contribution in [-0.4, -0.2) is 46.2 Å². The van der Waals surface area contributed by atoms with Crippen molar-refractivity contribution in [1.82, 2.24) is 19.6 Å². The van der Waals surface area contributed by atoms with E-state index in [0.717, 1.165) is 56.5 Å². The molecule has 1 N–H and O–H groups in total. The van der Waals surface area contributed by atoms with Gasteiger partial charge in [-0.15, -0.1) is 0 Å². The average Bonchev–Trinajstić information content (AvgIpc) is 3.01. The monoisotopic (exact) mass is 354 g/mol. The predicted octanol–water partition coefficient (Wildman–Crippen LogP) is 2.41. The van der Waals surface area contributed by atoms with Crippen LogP contribution in [0.5, 0.6) is 0 Å². The van der Waals surface area contributed by atoms with E-state index in [1.165, 1.54) is 0 Å². The molecule has 1 saturated carbocycles. The molecule has 138 valence electrons. The molecule has 0 atom stereocenters. The number of imidazole rings is 1. The van der Waals surface area contributed by atoms with Crippen LogP contribution in [0.1, 0.15) is 48.3 Å². The first-order valence-corrected chi connectivity index (χ1v) is 9.50. The van der Waals surface area contributed by atoms with E-state index < -0.39 is 0 Å². The molecular formula is C20H26N4O2. The lowest BCUT2D eigenvalue weighted by atomic mass is 9.58. The number of carbonyl (C=O) groups excluding carboxylic acids is 2. The number of aromatic nitrogens is 2. The summed E-state index contributed by atoms with van der Waals surface area (Å²) in [6.07, 6.45) is 8.62. The van der Waals surface area contributed by atoms with Gasteiger partial charge in [0.1, 0.15) is 5.82 Å². The summed E-state index contributed by atoms with van der Waals surface area (Å²) in [5.41, 5.74) is 1.51. The van der Waals surface area contributed by atoms with Crippen molar-refractivity contribution in [3.05, 3.63) is 35.9 Å². The SMILES string of the molecule is CNC(=O)C1(C2CCN(C(=O)c3ccc4cnc(C)n4c3)CC2)CCC1. The Labute approximate surface area is 153 Å². The largest absolute Gasteiger partial charge is 0.359 e. The third kappa shape index (κ3) is 2.59. The van der Waals surface area contributed by atoms with E-state index in [1.54, 1.807) is 7.05 Å². The number of hydrogen-bond acceptors (Lipinski definition) is 3. The number of rotatable bonds is 3. The Kier molecular flexibility index (Phi) is 4.21. The number of likely N-dealkylation sites (tertiary alicyclic amines) is 1. The third-order valence-corrected chi connectivity index (χ3v) is 6.45. The molecule has 0 aromatic carbocycles. The number of piperidine rings is 1. The predicted molar refractivity (Wildman–Crippen MR) is 98.9 cm³/mol. The number of hydrogen-bond donors (Lipinski definition) is 1. The third-order valence-electron chi connectivity index (χ3n) is 6.45. The van der Waals surface area contributed by atoms with Gasteiger partial charge < -0.3 is 14.6 Å². The second-order valence-electron chi connectivity index (χ2n) is 7.67. The highest BCUT2D eigenvalue weighted by Crippen LogP contribution is 2.50. The summed E-state index contributed by atoms with van der Waals surface area (Å²) in [6, 6.07) is 3.82. The molecule has 3 heterocycles. The summed E-state index contributed by atoms with van der Waals surface area (Å²) in [5.74, 6) is 1.53. The number of fused-ring (bicyclic) bond motifs is 1. The van der Waals surface area contributed by atoms with Gasteiger partial charge in [0.25, 0.3) is 5.91 Å². The summed E-state index contributed by atoms with van der Waals surface area (Å²) in [6.45, 7) is 3.38. The van der Waals surface area contributed by atoms with Gasteiger partial charge in [0.2, 0.25) is 5.91 Å². The highest BCUT2D eigenvalue weighted by atomic mass is 16.2. The average molecular weight is 354 g/mol. The zero-order valence-corrected chi connectivity index (χ0v) is 15.5. The van der Waals surface area contributed by atoms with Crippen LogP contribution >= 0.6 is 0 Å². The Bertz CT molecular complexity index is 845. The second kappa shape index (κ2) is 6.41. The first kappa shape index (κ1) is 17.1. The smallest absolute Gasteiger partial charge is 0.255 e. The molecule has 26 heavy (non-hydrogen) atoms. The number of carbonyl (C=O) groups is 2. The maximum absolute atomic E-state index is 12.9. The Morgan fingerprint density at radius 2 is 1.96 bits per heavy atom. The van der Waals surface area contributed by atoms with Crippen LogP contribution in [0.3, 0.4) is 0 Å². The minimum absolute atomic E-state index is 0.0704. The maximum Gasteiger partial charge on any atom is 0.255 e. The van der Waals surface area contributed by atoms with Crippen molar-refractivity contribution in [3.8, 4) is 0 Å². The van der Waals surface area contributed by atoms with Gasteiger partial charge in [0.05, 0.1) is 22.7 Å². The van der Waals surface area contributed by atoms with E-state index in [9.17, 15) is 9.59 Å². The number of nitrogens with zero attached hydrogens (tertiary/aromatic N) is 3. The van der Waals surface area contributed by atoms with Crippen molar-refractivity contribution in [1.29, 1.82) is 0 Å². The number of aryl methyl sites for hydroxylation is 1. The van der Waals surface area contributed by atoms with Crippen LogP contribution in [0, 0.1) is 18.3 Å². The van der Waals surface area contributed by atoms with Gasteiger partial charge in [-0.3, -0.25) is 9.59 Å². The quantitative estimate of drug-likeness (QED) is 0.920. The lowest BCUT2D eigenvalue weighted by Crippen LogP contribution is -2.53. The van der Waals surface area contributed by atoms with Crippen LogP contribution < -0.4 is 5.32 Å². The molecule has 2 aliphatic rings. The van der Waals surface area contributed by atoms with Crippen molar-refractivity contribution in [2.75, 3.05) is 20.1 Å². The highest BCUT2D eigenvalue weighted by molar-refractivity contribution is 5.94. The Morgan fingerprint density at radius 3 is 2.58 bits per heavy atom. The van der Waals surface area contributed by atoms with Gasteiger partial charge in [-0.2, -0.15) is 0 Å². The van der Waals surface area contributed by atoms with Crippen LogP contribution in [0.4, 0.5) is 0 Å². The molecule has 1 aliphatic heterocycles. The summed E-state index contributed by atoms with van der Waals surface area (Å²) in [7, 11) is 1.73. The van der Waals surface area contributed by atoms with Gasteiger partial charge in [-0.1, -0.05) is 6.42 Å². The summed E-state index contributed by atoms with van der Waals surface area (Å²) >= 11 is 0. The minimum atomic E-state index is -0.184. The Balaban J connectivity index is 1.46. The van der Waals surface area contributed by atoms with Crippen molar-refractivity contribution < 1.29 is 9.59 Å². The van der Waals surface area contributed by atoms with Gasteiger partial charge in [-0.25, -0.2) is 4.98 Å². The van der Waals surface area contributed by atoms with E-state index in [4.69, 9.17) is 0 Å². The van der Waals surface area contributed by atoms with Gasteiger partial charge in [0, 0.05) is 26.3 Å². The summed E-state index contributed by atoms with van der Waals surface area (Å²) in [4.78, 5) is 31.5. The molecule has 2 amide bonds. The summed E-state index contributed by atoms with van der Waals surface area (Å²) < 4.78 is 1.95. The van der Waals surface area contributed by atoms with Gasteiger partial charge in [0.15, 0.2) is 0 Å². The molecule has 4 rings (SSSR count). The molecule has 6 heteroatoms. The highest BCUT2D eigenvalue weighted by Gasteiger charge is 2.50. The molecule has 2 fully saturated rings. The first-order valence-electron chi connectivity index (χ1n) is 9.50. The van der Waals surface area contributed by atoms with Crippen molar-refractivity contribution in [2.45, 2.75) is 39.0 Å². The molecule has 1 aliphatic carbocycles. The number of amides is 2. The van der Waals surface area contributed by atoms with E-state index in [-0.39, 0.29) is 17.2 Å². The van der Waals surface area contributed by atoms with E-state index in [2.05, 4.69) is 10.3 Å². The number of nitrogens with one attached hydrogen (secondary N) is 1. The van der Waals surface area contributed by atoms with Crippen molar-refractivity contribution in [3.63, 3.8) is 0 Å². The molecule has 2 aromatic heterocycles. The summed E-state index contributed by atoms with van der Waals surface area (Å²) in [5, 5.41) is 2.86. The fourth-order valence-electron chi connectivity index (χ4n) is 4.69. The van der Waals surface area contributed by atoms with Crippen LogP contribution in [0.25, 0.3) is 5.52 Å². The zero-order valence-electron chi connectivity index (χ0n) is 15.5. The van der Waals surface area contributed by atoms with Crippen LogP contribution in [0.2, 0.25) is 0 Å². The van der Waals surface area contributed by atoms with E-state index in [0.29, 0.717) is 11.5 Å². The van der Waals surface area contributed by atoms with Gasteiger partial charge >= 0.3 is 0 Å². The standard InChI is InChI=1S/C20H26N4O2/c1-14-22-12-17-5-4-15(13-24(14)17)18(25)23-10-6-16(7-11-23)20(8-3-9-20)19(26)21-2/h4-5,12-13,16H,3,6-11H2,1-2H3,(H,21,26). The second-order valence-corrected chi connectivity index (χ2v) is 7.67. The van der Waals surface area contributed by atoms with E-state index >= 15 is 0 Å². The van der Waals surface area contributed by atoms with Crippen molar-refractivity contribution in [2.24, 2.45) is 11.3 Å². The maximum atomic E-state index is 12.9. The molecule has 1 saturated heterocycles. The zero-order chi connectivity index (χ0) is 18.3. The van der Waals surface area contributed by atoms with Crippen LogP contribution in [0.15, 0.2) is 24.5 Å². The molecule has 6 nitrogen and oxygen atoms in total. The minimum Gasteiger partial charge on any atom is -0.359 e. The number of pyridine rings is 1.